The molecule has 1 aromatic heterocycles. The number of rotatable bonds is 3. The summed E-state index contributed by atoms with van der Waals surface area (Å²) in [6, 6.07) is 7.75. The van der Waals surface area contributed by atoms with Crippen molar-refractivity contribution in [2.75, 3.05) is 0 Å². The fourth-order valence-electron chi connectivity index (χ4n) is 1.37. The van der Waals surface area contributed by atoms with E-state index in [0.717, 1.165) is 10.4 Å². The van der Waals surface area contributed by atoms with E-state index < -0.39 is 11.7 Å². The molecule has 18 heavy (non-hydrogen) atoms. The third-order valence-corrected chi connectivity index (χ3v) is 3.32. The Kier molecular flexibility index (Phi) is 3.84. The lowest BCUT2D eigenvalue weighted by atomic mass is 10.2. The van der Waals surface area contributed by atoms with E-state index in [9.17, 15) is 9.18 Å². The van der Waals surface area contributed by atoms with Crippen LogP contribution in [0.2, 0.25) is 0 Å². The molecule has 3 nitrogen and oxygen atoms in total. The summed E-state index contributed by atoms with van der Waals surface area (Å²) in [5.74, 6) is -1.11. The Bertz CT molecular complexity index is 592. The van der Waals surface area contributed by atoms with Crippen LogP contribution in [0, 0.1) is 12.7 Å². The average molecular weight is 262 g/mol. The number of nitrogens with one attached hydrogen (secondary N) is 1. The summed E-state index contributed by atoms with van der Waals surface area (Å²) in [6.07, 6.45) is 1.55. The predicted molar refractivity (Wildman–Crippen MR) is 70.5 cm³/mol. The van der Waals surface area contributed by atoms with Crippen molar-refractivity contribution in [1.82, 2.24) is 5.43 Å². The lowest BCUT2D eigenvalue weighted by Crippen LogP contribution is -2.18. The molecule has 1 amide bonds. The Labute approximate surface area is 108 Å². The molecule has 1 aromatic carbocycles. The molecular weight excluding hydrogens is 251 g/mol. The number of hydrogen-bond donors (Lipinski definition) is 1. The molecule has 0 aliphatic heterocycles. The van der Waals surface area contributed by atoms with Crippen LogP contribution >= 0.6 is 11.3 Å². The molecule has 1 N–H and O–H groups in total. The third kappa shape index (κ3) is 2.81. The van der Waals surface area contributed by atoms with E-state index in [0.29, 0.717) is 0 Å². The number of halogens is 1. The van der Waals surface area contributed by atoms with E-state index >= 15 is 0 Å². The minimum absolute atomic E-state index is 0.0162. The van der Waals surface area contributed by atoms with Crippen molar-refractivity contribution in [3.63, 3.8) is 0 Å². The molecule has 0 saturated carbocycles. The van der Waals surface area contributed by atoms with Gasteiger partial charge in [-0.05, 0) is 36.1 Å². The highest BCUT2D eigenvalue weighted by atomic mass is 32.1. The van der Waals surface area contributed by atoms with Gasteiger partial charge in [-0.15, -0.1) is 11.3 Å². The van der Waals surface area contributed by atoms with Gasteiger partial charge < -0.3 is 0 Å². The lowest BCUT2D eigenvalue weighted by Gasteiger charge is -2.00. The summed E-state index contributed by atoms with van der Waals surface area (Å²) < 4.78 is 13.3. The molecule has 0 aliphatic carbocycles. The van der Waals surface area contributed by atoms with Crippen molar-refractivity contribution < 1.29 is 9.18 Å². The van der Waals surface area contributed by atoms with Crippen LogP contribution in [0.1, 0.15) is 20.8 Å². The number of carbonyl (C=O) groups is 1. The van der Waals surface area contributed by atoms with Crippen LogP contribution in [0.15, 0.2) is 40.8 Å². The SMILES string of the molecule is Cc1ccsc1/C=N\NC(=O)c1ccccc1F. The molecule has 0 atom stereocenters. The van der Waals surface area contributed by atoms with Crippen LogP contribution < -0.4 is 5.43 Å². The molecule has 5 heteroatoms. The molecule has 0 radical (unpaired) electrons. The number of amides is 1. The van der Waals surface area contributed by atoms with Gasteiger partial charge in [0.15, 0.2) is 0 Å². The minimum Gasteiger partial charge on any atom is -0.267 e. The smallest absolute Gasteiger partial charge is 0.267 e. The van der Waals surface area contributed by atoms with Gasteiger partial charge in [0.05, 0.1) is 11.8 Å². The monoisotopic (exact) mass is 262 g/mol. The molecule has 0 saturated heterocycles. The van der Waals surface area contributed by atoms with Crippen molar-refractivity contribution >= 4 is 23.5 Å². The molecule has 0 unspecified atom stereocenters. The van der Waals surface area contributed by atoms with Crippen molar-refractivity contribution in [3.8, 4) is 0 Å². The quantitative estimate of drug-likeness (QED) is 0.670. The first-order valence-electron chi connectivity index (χ1n) is 5.30. The summed E-state index contributed by atoms with van der Waals surface area (Å²) in [5.41, 5.74) is 3.37. The van der Waals surface area contributed by atoms with Gasteiger partial charge in [-0.25, -0.2) is 9.82 Å². The number of nitrogens with zero attached hydrogens (tertiary/aromatic N) is 1. The van der Waals surface area contributed by atoms with E-state index in [1.807, 2.05) is 18.4 Å². The van der Waals surface area contributed by atoms with E-state index in [-0.39, 0.29) is 5.56 Å². The largest absolute Gasteiger partial charge is 0.274 e. The second kappa shape index (κ2) is 5.55. The number of aryl methyl sites for hydroxylation is 1. The fraction of sp³-hybridized carbons (Fsp3) is 0.0769. The normalized spacial score (nSPS) is 10.8. The first-order chi connectivity index (χ1) is 8.68. The zero-order valence-electron chi connectivity index (χ0n) is 9.68. The van der Waals surface area contributed by atoms with Gasteiger partial charge in [-0.3, -0.25) is 4.79 Å². The Morgan fingerprint density at radius 2 is 2.17 bits per heavy atom. The van der Waals surface area contributed by atoms with Crippen molar-refractivity contribution in [2.45, 2.75) is 6.92 Å². The van der Waals surface area contributed by atoms with Crippen LogP contribution in [0.4, 0.5) is 4.39 Å². The van der Waals surface area contributed by atoms with Gasteiger partial charge in [0, 0.05) is 4.88 Å². The number of hydrogen-bond acceptors (Lipinski definition) is 3. The number of carbonyl (C=O) groups excluding carboxylic acids is 1. The van der Waals surface area contributed by atoms with Crippen molar-refractivity contribution in [1.29, 1.82) is 0 Å². The molecule has 2 aromatic rings. The fourth-order valence-corrected chi connectivity index (χ4v) is 2.16. The van der Waals surface area contributed by atoms with Gasteiger partial charge >= 0.3 is 0 Å². The van der Waals surface area contributed by atoms with Crippen molar-refractivity contribution in [3.05, 3.63) is 57.5 Å². The zero-order valence-corrected chi connectivity index (χ0v) is 10.5. The van der Waals surface area contributed by atoms with Crippen LogP contribution in [-0.2, 0) is 0 Å². The summed E-state index contributed by atoms with van der Waals surface area (Å²) in [4.78, 5) is 12.6. The average Bonchev–Trinajstić information content (AvgIpc) is 2.75. The molecule has 0 fully saturated rings. The van der Waals surface area contributed by atoms with Gasteiger partial charge in [0.2, 0.25) is 0 Å². The van der Waals surface area contributed by atoms with Crippen molar-refractivity contribution in [2.24, 2.45) is 5.10 Å². The number of thiophene rings is 1. The first-order valence-corrected chi connectivity index (χ1v) is 6.18. The summed E-state index contributed by atoms with van der Waals surface area (Å²) in [5, 5.41) is 5.75. The molecule has 1 heterocycles. The highest BCUT2D eigenvalue weighted by molar-refractivity contribution is 7.11. The summed E-state index contributed by atoms with van der Waals surface area (Å²) in [7, 11) is 0. The van der Waals surface area contributed by atoms with Crippen LogP contribution in [0.25, 0.3) is 0 Å². The van der Waals surface area contributed by atoms with Gasteiger partial charge in [-0.2, -0.15) is 5.10 Å². The molecule has 2 rings (SSSR count). The molecular formula is C13H11FN2OS. The van der Waals surface area contributed by atoms with E-state index in [1.54, 1.807) is 12.3 Å². The minimum atomic E-state index is -0.558. The van der Waals surface area contributed by atoms with Gasteiger partial charge in [0.25, 0.3) is 5.91 Å². The summed E-state index contributed by atoms with van der Waals surface area (Å²) in [6.45, 7) is 1.95. The number of hydrazone groups is 1. The third-order valence-electron chi connectivity index (χ3n) is 2.37. The Morgan fingerprint density at radius 3 is 2.83 bits per heavy atom. The Morgan fingerprint density at radius 1 is 1.39 bits per heavy atom. The van der Waals surface area contributed by atoms with E-state index in [4.69, 9.17) is 0 Å². The lowest BCUT2D eigenvalue weighted by molar-refractivity contribution is 0.0951. The van der Waals surface area contributed by atoms with E-state index in [2.05, 4.69) is 10.5 Å². The van der Waals surface area contributed by atoms with Crippen LogP contribution in [0.5, 0.6) is 0 Å². The topological polar surface area (TPSA) is 41.5 Å². The predicted octanol–water partition coefficient (Wildman–Crippen LogP) is 2.96. The van der Waals surface area contributed by atoms with Crippen LogP contribution in [0.3, 0.4) is 0 Å². The first kappa shape index (κ1) is 12.4. The standard InChI is InChI=1S/C13H11FN2OS/c1-9-6-7-18-12(9)8-15-16-13(17)10-4-2-3-5-11(10)14/h2-8H,1H3,(H,16,17)/b15-8-. The number of benzene rings is 1. The summed E-state index contributed by atoms with van der Waals surface area (Å²) >= 11 is 1.53. The maximum atomic E-state index is 13.3. The molecule has 0 spiro atoms. The highest BCUT2D eigenvalue weighted by Crippen LogP contribution is 2.12. The zero-order chi connectivity index (χ0) is 13.0. The maximum Gasteiger partial charge on any atom is 0.274 e. The second-order valence-corrected chi connectivity index (χ2v) is 4.59. The second-order valence-electron chi connectivity index (χ2n) is 3.65. The van der Waals surface area contributed by atoms with Gasteiger partial charge in [0.1, 0.15) is 5.82 Å². The molecule has 0 bridgehead atoms. The maximum absolute atomic E-state index is 13.3. The molecule has 0 aliphatic rings. The molecule has 92 valence electrons. The Balaban J connectivity index is 2.03. The van der Waals surface area contributed by atoms with E-state index in [1.165, 1.54) is 29.5 Å². The Hall–Kier alpha value is -2.01. The van der Waals surface area contributed by atoms with Crippen LogP contribution in [-0.4, -0.2) is 12.1 Å². The van der Waals surface area contributed by atoms with Gasteiger partial charge in [-0.1, -0.05) is 12.1 Å². The highest BCUT2D eigenvalue weighted by Gasteiger charge is 2.09.